The number of anilines is 1. The summed E-state index contributed by atoms with van der Waals surface area (Å²) in [6.45, 7) is 1.62. The van der Waals surface area contributed by atoms with Crippen molar-refractivity contribution in [2.45, 2.75) is 13.0 Å². The molecule has 4 rings (SSSR count). The maximum absolute atomic E-state index is 13.2. The zero-order valence-electron chi connectivity index (χ0n) is 15.8. The van der Waals surface area contributed by atoms with Crippen molar-refractivity contribution in [1.82, 2.24) is 9.55 Å². The van der Waals surface area contributed by atoms with Gasteiger partial charge in [-0.05, 0) is 24.6 Å². The molecule has 1 amide bonds. The summed E-state index contributed by atoms with van der Waals surface area (Å²) in [6.07, 6.45) is 1.35. The lowest BCUT2D eigenvalue weighted by molar-refractivity contribution is -0.384. The molecule has 2 aromatic carbocycles. The van der Waals surface area contributed by atoms with Crippen LogP contribution in [0, 0.1) is 10.1 Å². The molecule has 0 bridgehead atoms. The van der Waals surface area contributed by atoms with Crippen LogP contribution in [0.25, 0.3) is 21.3 Å². The fourth-order valence-corrected chi connectivity index (χ4v) is 4.02. The van der Waals surface area contributed by atoms with E-state index in [1.54, 1.807) is 48.7 Å². The fourth-order valence-electron chi connectivity index (χ4n) is 3.12. The number of benzene rings is 2. The number of aromatic nitrogens is 2. The van der Waals surface area contributed by atoms with E-state index in [4.69, 9.17) is 0 Å². The Bertz CT molecular complexity index is 1310. The van der Waals surface area contributed by atoms with Crippen molar-refractivity contribution in [3.05, 3.63) is 86.8 Å². The topological polar surface area (TPSA) is 107 Å². The minimum absolute atomic E-state index is 0.0633. The number of nitrogens with one attached hydrogen (secondary N) is 1. The lowest BCUT2D eigenvalue weighted by Crippen LogP contribution is -2.31. The van der Waals surface area contributed by atoms with E-state index in [0.717, 1.165) is 0 Å². The van der Waals surface area contributed by atoms with Crippen LogP contribution in [0.5, 0.6) is 0 Å². The second kappa shape index (κ2) is 7.88. The summed E-state index contributed by atoms with van der Waals surface area (Å²) >= 11 is 1.27. The number of carbonyl (C=O) groups excluding carboxylic acids is 1. The summed E-state index contributed by atoms with van der Waals surface area (Å²) in [5.74, 6) is -0.350. The second-order valence-electron chi connectivity index (χ2n) is 6.63. The number of rotatable bonds is 5. The Morgan fingerprint density at radius 1 is 1.20 bits per heavy atom. The molecule has 8 nitrogen and oxygen atoms in total. The van der Waals surface area contributed by atoms with Gasteiger partial charge in [0.25, 0.3) is 11.2 Å². The lowest BCUT2D eigenvalue weighted by atomic mass is 10.1. The van der Waals surface area contributed by atoms with Crippen LogP contribution in [0.15, 0.2) is 71.1 Å². The predicted molar refractivity (Wildman–Crippen MR) is 116 cm³/mol. The van der Waals surface area contributed by atoms with Crippen molar-refractivity contribution >= 4 is 38.8 Å². The molecule has 0 fully saturated rings. The summed E-state index contributed by atoms with van der Waals surface area (Å²) in [5, 5.41) is 16.0. The summed E-state index contributed by atoms with van der Waals surface area (Å²) in [4.78, 5) is 41.3. The van der Waals surface area contributed by atoms with Crippen LogP contribution in [0.3, 0.4) is 0 Å². The Morgan fingerprint density at radius 2 is 1.97 bits per heavy atom. The van der Waals surface area contributed by atoms with Gasteiger partial charge < -0.3 is 5.32 Å². The first-order chi connectivity index (χ1) is 14.5. The Labute approximate surface area is 174 Å². The number of thiophene rings is 1. The largest absolute Gasteiger partial charge is 0.324 e. The number of carbonyl (C=O) groups is 1. The first kappa shape index (κ1) is 19.5. The van der Waals surface area contributed by atoms with Crippen LogP contribution in [-0.4, -0.2) is 20.4 Å². The maximum atomic E-state index is 13.2. The highest BCUT2D eigenvalue weighted by Gasteiger charge is 2.21. The molecule has 0 aliphatic carbocycles. The second-order valence-corrected chi connectivity index (χ2v) is 7.48. The monoisotopic (exact) mass is 420 g/mol. The van der Waals surface area contributed by atoms with Crippen molar-refractivity contribution in [1.29, 1.82) is 0 Å². The van der Waals surface area contributed by atoms with Crippen molar-refractivity contribution in [2.24, 2.45) is 0 Å². The molecule has 0 saturated heterocycles. The third-order valence-electron chi connectivity index (χ3n) is 4.73. The summed E-state index contributed by atoms with van der Waals surface area (Å²) < 4.78 is 1.27. The number of para-hydroxylation sites is 1. The van der Waals surface area contributed by atoms with Gasteiger partial charge in [-0.15, -0.1) is 11.3 Å². The maximum Gasteiger partial charge on any atom is 0.270 e. The Balaban J connectivity index is 1.75. The summed E-state index contributed by atoms with van der Waals surface area (Å²) in [6, 6.07) is 14.3. The van der Waals surface area contributed by atoms with Crippen molar-refractivity contribution < 1.29 is 9.72 Å². The number of non-ortho nitro benzene ring substituents is 1. The minimum atomic E-state index is -0.799. The molecular formula is C21H16N4O4S. The molecule has 4 aromatic rings. The van der Waals surface area contributed by atoms with Gasteiger partial charge in [0.15, 0.2) is 0 Å². The van der Waals surface area contributed by atoms with Crippen LogP contribution in [0.1, 0.15) is 13.0 Å². The summed E-state index contributed by atoms with van der Waals surface area (Å²) in [7, 11) is 0. The Morgan fingerprint density at radius 3 is 2.70 bits per heavy atom. The van der Waals surface area contributed by atoms with Gasteiger partial charge >= 0.3 is 0 Å². The average Bonchev–Trinajstić information content (AvgIpc) is 3.19. The highest BCUT2D eigenvalue weighted by Crippen LogP contribution is 2.32. The number of nitro groups is 1. The molecule has 2 heterocycles. The first-order valence-corrected chi connectivity index (χ1v) is 9.93. The lowest BCUT2D eigenvalue weighted by Gasteiger charge is -2.15. The highest BCUT2D eigenvalue weighted by molar-refractivity contribution is 7.17. The molecule has 0 radical (unpaired) electrons. The number of hydrogen-bond donors (Lipinski definition) is 1. The van der Waals surface area contributed by atoms with E-state index >= 15 is 0 Å². The quantitative estimate of drug-likeness (QED) is 0.384. The van der Waals surface area contributed by atoms with Crippen molar-refractivity contribution in [3.63, 3.8) is 0 Å². The van der Waals surface area contributed by atoms with Crippen LogP contribution in [0.4, 0.5) is 11.4 Å². The van der Waals surface area contributed by atoms with E-state index in [1.807, 2.05) is 6.07 Å². The number of nitrogens with zero attached hydrogens (tertiary/aromatic N) is 3. The molecule has 1 N–H and O–H groups in total. The van der Waals surface area contributed by atoms with Crippen LogP contribution in [0.2, 0.25) is 0 Å². The molecule has 1 atom stereocenters. The average molecular weight is 420 g/mol. The van der Waals surface area contributed by atoms with E-state index < -0.39 is 11.0 Å². The molecule has 1 unspecified atom stereocenters. The third kappa shape index (κ3) is 3.58. The summed E-state index contributed by atoms with van der Waals surface area (Å²) in [5.41, 5.74) is 1.30. The van der Waals surface area contributed by atoms with E-state index in [-0.39, 0.29) is 17.2 Å². The number of amides is 1. The van der Waals surface area contributed by atoms with Gasteiger partial charge in [0, 0.05) is 28.8 Å². The molecule has 2 aromatic heterocycles. The zero-order valence-corrected chi connectivity index (χ0v) is 16.6. The molecular weight excluding hydrogens is 404 g/mol. The van der Waals surface area contributed by atoms with Gasteiger partial charge in [-0.3, -0.25) is 24.3 Å². The molecule has 30 heavy (non-hydrogen) atoms. The van der Waals surface area contributed by atoms with Gasteiger partial charge in [0.1, 0.15) is 10.9 Å². The minimum Gasteiger partial charge on any atom is -0.324 e. The normalized spacial score (nSPS) is 11.9. The SMILES string of the molecule is CC(C(=O)Nc1ccccc1)n1cnc2scc(-c3cccc([N+](=O)[O-])c3)c2c1=O. The molecule has 0 spiro atoms. The van der Waals surface area contributed by atoms with Gasteiger partial charge in [-0.25, -0.2) is 4.98 Å². The van der Waals surface area contributed by atoms with E-state index in [2.05, 4.69) is 10.3 Å². The molecule has 0 aliphatic heterocycles. The number of fused-ring (bicyclic) bond motifs is 1. The molecule has 0 aliphatic rings. The molecule has 9 heteroatoms. The van der Waals surface area contributed by atoms with Crippen LogP contribution >= 0.6 is 11.3 Å². The first-order valence-electron chi connectivity index (χ1n) is 9.05. The van der Waals surface area contributed by atoms with Gasteiger partial charge in [0.2, 0.25) is 5.91 Å². The van der Waals surface area contributed by atoms with Crippen LogP contribution < -0.4 is 10.9 Å². The zero-order chi connectivity index (χ0) is 21.3. The van der Waals surface area contributed by atoms with E-state index in [9.17, 15) is 19.7 Å². The predicted octanol–water partition coefficient (Wildman–Crippen LogP) is 4.23. The molecule has 150 valence electrons. The standard InChI is InChI=1S/C21H16N4O4S/c1-13(19(26)23-15-7-3-2-4-8-15)24-12-22-20-18(21(24)27)17(11-30-20)14-6-5-9-16(10-14)25(28)29/h2-13H,1H3,(H,23,26). The van der Waals surface area contributed by atoms with E-state index in [1.165, 1.54) is 34.4 Å². The van der Waals surface area contributed by atoms with Gasteiger partial charge in [-0.2, -0.15) is 0 Å². The van der Waals surface area contributed by atoms with Gasteiger partial charge in [-0.1, -0.05) is 30.3 Å². The van der Waals surface area contributed by atoms with Crippen molar-refractivity contribution in [3.8, 4) is 11.1 Å². The Kier molecular flexibility index (Phi) is 5.11. The fraction of sp³-hybridized carbons (Fsp3) is 0.0952. The van der Waals surface area contributed by atoms with Gasteiger partial charge in [0.05, 0.1) is 16.6 Å². The van der Waals surface area contributed by atoms with Crippen molar-refractivity contribution in [2.75, 3.05) is 5.32 Å². The third-order valence-corrected chi connectivity index (χ3v) is 5.61. The molecule has 0 saturated carbocycles. The number of nitro benzene ring substituents is 1. The number of hydrogen-bond acceptors (Lipinski definition) is 6. The Hall–Kier alpha value is -3.85. The van der Waals surface area contributed by atoms with Crippen LogP contribution in [-0.2, 0) is 4.79 Å². The van der Waals surface area contributed by atoms with E-state index in [0.29, 0.717) is 27.0 Å². The highest BCUT2D eigenvalue weighted by atomic mass is 32.1. The smallest absolute Gasteiger partial charge is 0.270 e.